The minimum Gasteiger partial charge on any atom is -0.323 e. The molecule has 1 heterocycles. The van der Waals surface area contributed by atoms with E-state index in [-0.39, 0.29) is 10.8 Å². The van der Waals surface area contributed by atoms with Crippen molar-refractivity contribution in [2.24, 2.45) is 11.7 Å². The molecule has 0 aliphatic heterocycles. The zero-order valence-corrected chi connectivity index (χ0v) is 18.1. The van der Waals surface area contributed by atoms with Gasteiger partial charge in [0.1, 0.15) is 10.9 Å². The number of amides is 1. The van der Waals surface area contributed by atoms with Crippen molar-refractivity contribution in [2.75, 3.05) is 5.32 Å². The van der Waals surface area contributed by atoms with Gasteiger partial charge in [0.15, 0.2) is 0 Å². The number of hydrogen-bond donors (Lipinski definition) is 3. The number of nitrogens with zero attached hydrogens (tertiary/aromatic N) is 1. The fraction of sp³-hybridized carbons (Fsp3) is 0.174. The van der Waals surface area contributed by atoms with Crippen LogP contribution in [0.5, 0.6) is 0 Å². The maximum atomic E-state index is 13.5. The molecule has 1 amide bonds. The largest absolute Gasteiger partial charge is 0.323 e. The summed E-state index contributed by atoms with van der Waals surface area (Å²) in [4.78, 5) is 16.0. The number of rotatable bonds is 7. The summed E-state index contributed by atoms with van der Waals surface area (Å²) in [5.41, 5.74) is 7.90. The molecular formula is C23H23FN4O3S. The van der Waals surface area contributed by atoms with E-state index in [1.165, 1.54) is 12.1 Å². The Kier molecular flexibility index (Phi) is 7.12. The highest BCUT2D eigenvalue weighted by atomic mass is 32.2. The van der Waals surface area contributed by atoms with Crippen LogP contribution in [0.2, 0.25) is 0 Å². The molecule has 0 saturated heterocycles. The minimum atomic E-state index is -4.19. The molecule has 2 atom stereocenters. The van der Waals surface area contributed by atoms with E-state index in [2.05, 4.69) is 10.3 Å². The van der Waals surface area contributed by atoms with Gasteiger partial charge in [-0.1, -0.05) is 25.1 Å². The number of nitrogens with two attached hydrogens (primary N) is 1. The first-order valence-electron chi connectivity index (χ1n) is 9.90. The van der Waals surface area contributed by atoms with Crippen molar-refractivity contribution < 1.29 is 17.6 Å². The van der Waals surface area contributed by atoms with Crippen LogP contribution in [-0.2, 0) is 9.84 Å². The minimum absolute atomic E-state index is 0.281. The van der Waals surface area contributed by atoms with Crippen LogP contribution in [0.4, 0.5) is 10.1 Å². The highest BCUT2D eigenvalue weighted by Crippen LogP contribution is 2.28. The van der Waals surface area contributed by atoms with E-state index in [0.717, 1.165) is 12.1 Å². The molecule has 166 valence electrons. The zero-order valence-electron chi connectivity index (χ0n) is 17.3. The molecule has 0 radical (unpaired) electrons. The van der Waals surface area contributed by atoms with Crippen LogP contribution in [0.3, 0.4) is 0 Å². The smallest absolute Gasteiger partial charge is 0.255 e. The molecule has 32 heavy (non-hydrogen) atoms. The summed E-state index contributed by atoms with van der Waals surface area (Å²) in [6, 6.07) is 13.5. The van der Waals surface area contributed by atoms with Crippen molar-refractivity contribution in [3.63, 3.8) is 0 Å². The second kappa shape index (κ2) is 9.80. The number of benzene rings is 2. The van der Waals surface area contributed by atoms with Crippen molar-refractivity contribution in [2.45, 2.75) is 24.3 Å². The molecule has 0 aliphatic rings. The lowest BCUT2D eigenvalue weighted by molar-refractivity contribution is 0.102. The Morgan fingerprint density at radius 1 is 1.12 bits per heavy atom. The zero-order chi connectivity index (χ0) is 23.3. The molecule has 0 saturated carbocycles. The summed E-state index contributed by atoms with van der Waals surface area (Å²) in [6.45, 7) is 1.73. The van der Waals surface area contributed by atoms with Crippen molar-refractivity contribution in [3.8, 4) is 0 Å². The summed E-state index contributed by atoms with van der Waals surface area (Å²) in [6.07, 6.45) is 3.42. The van der Waals surface area contributed by atoms with E-state index < -0.39 is 32.7 Å². The summed E-state index contributed by atoms with van der Waals surface area (Å²) in [5, 5.41) is 10.5. The van der Waals surface area contributed by atoms with Crippen molar-refractivity contribution in [1.29, 1.82) is 5.41 Å². The summed E-state index contributed by atoms with van der Waals surface area (Å²) >= 11 is 0. The Morgan fingerprint density at radius 3 is 2.38 bits per heavy atom. The number of pyridine rings is 1. The molecule has 9 heteroatoms. The molecule has 2 aromatic carbocycles. The van der Waals surface area contributed by atoms with Crippen LogP contribution < -0.4 is 11.1 Å². The van der Waals surface area contributed by atoms with Gasteiger partial charge in [-0.3, -0.25) is 15.2 Å². The van der Waals surface area contributed by atoms with Gasteiger partial charge < -0.3 is 11.1 Å². The molecule has 7 nitrogen and oxygen atoms in total. The molecule has 2 unspecified atom stereocenters. The second-order valence-corrected chi connectivity index (χ2v) is 9.10. The molecule has 1 aromatic heterocycles. The summed E-state index contributed by atoms with van der Waals surface area (Å²) in [7, 11) is -4.19. The lowest BCUT2D eigenvalue weighted by atomic mass is 9.92. The van der Waals surface area contributed by atoms with E-state index in [0.29, 0.717) is 23.2 Å². The Morgan fingerprint density at radius 2 is 1.78 bits per heavy atom. The van der Waals surface area contributed by atoms with Crippen LogP contribution in [0, 0.1) is 17.1 Å². The normalized spacial score (nSPS) is 13.2. The number of carbonyl (C=O) groups excluding carboxylic acids is 1. The number of carbonyl (C=O) groups is 1. The highest BCUT2D eigenvalue weighted by molar-refractivity contribution is 8.06. The first-order valence-corrected chi connectivity index (χ1v) is 11.4. The van der Waals surface area contributed by atoms with Gasteiger partial charge in [-0.2, -0.15) is 0 Å². The number of sulfone groups is 1. The van der Waals surface area contributed by atoms with Gasteiger partial charge >= 0.3 is 0 Å². The Balaban J connectivity index is 1.78. The monoisotopic (exact) mass is 454 g/mol. The van der Waals surface area contributed by atoms with Crippen molar-refractivity contribution in [1.82, 2.24) is 4.98 Å². The molecule has 3 aromatic rings. The predicted octanol–water partition coefficient (Wildman–Crippen LogP) is 3.95. The van der Waals surface area contributed by atoms with Gasteiger partial charge in [-0.05, 0) is 54.4 Å². The van der Waals surface area contributed by atoms with Gasteiger partial charge in [-0.15, -0.1) is 0 Å². The third kappa shape index (κ3) is 5.06. The molecule has 0 spiro atoms. The fourth-order valence-corrected chi connectivity index (χ4v) is 4.78. The van der Waals surface area contributed by atoms with Crippen LogP contribution in [0.1, 0.15) is 35.3 Å². The van der Waals surface area contributed by atoms with Gasteiger partial charge in [0.2, 0.25) is 9.84 Å². The molecule has 0 bridgehead atoms. The van der Waals surface area contributed by atoms with Crippen molar-refractivity contribution in [3.05, 3.63) is 90.0 Å². The summed E-state index contributed by atoms with van der Waals surface area (Å²) in [5.74, 6) is -1.83. The Bertz CT molecular complexity index is 1220. The SMILES string of the molecule is CCC(C(=N)S(=O)(=O)c1cccc(F)c1)C(N)c1ccc(C(=O)Nc2ccncc2)cc1. The Hall–Kier alpha value is -3.43. The van der Waals surface area contributed by atoms with Gasteiger partial charge in [0, 0.05) is 35.6 Å². The van der Waals surface area contributed by atoms with E-state index in [1.807, 2.05) is 0 Å². The number of nitrogens with one attached hydrogen (secondary N) is 2. The van der Waals surface area contributed by atoms with Crippen LogP contribution in [0.25, 0.3) is 0 Å². The highest BCUT2D eigenvalue weighted by Gasteiger charge is 2.32. The number of anilines is 1. The van der Waals surface area contributed by atoms with E-state index in [9.17, 15) is 17.6 Å². The maximum Gasteiger partial charge on any atom is 0.255 e. The van der Waals surface area contributed by atoms with E-state index in [4.69, 9.17) is 11.1 Å². The van der Waals surface area contributed by atoms with Crippen LogP contribution in [-0.4, -0.2) is 24.4 Å². The van der Waals surface area contributed by atoms with Crippen molar-refractivity contribution >= 4 is 26.5 Å². The van der Waals surface area contributed by atoms with E-state index >= 15 is 0 Å². The van der Waals surface area contributed by atoms with Crippen LogP contribution in [0.15, 0.2) is 78.0 Å². The third-order valence-electron chi connectivity index (χ3n) is 5.10. The molecule has 0 fully saturated rings. The van der Waals surface area contributed by atoms with E-state index in [1.54, 1.807) is 55.7 Å². The van der Waals surface area contributed by atoms with Gasteiger partial charge in [0.25, 0.3) is 5.91 Å². The number of aromatic nitrogens is 1. The maximum absolute atomic E-state index is 13.5. The molecular weight excluding hydrogens is 431 g/mol. The van der Waals surface area contributed by atoms with Gasteiger partial charge in [-0.25, -0.2) is 12.8 Å². The first-order chi connectivity index (χ1) is 15.2. The predicted molar refractivity (Wildman–Crippen MR) is 121 cm³/mol. The number of halogens is 1. The van der Waals surface area contributed by atoms with Crippen LogP contribution >= 0.6 is 0 Å². The average molecular weight is 455 g/mol. The van der Waals surface area contributed by atoms with Gasteiger partial charge in [0.05, 0.1) is 4.90 Å². The topological polar surface area (TPSA) is 126 Å². The molecule has 3 rings (SSSR count). The molecule has 0 aliphatic carbocycles. The number of hydrogen-bond acceptors (Lipinski definition) is 6. The lowest BCUT2D eigenvalue weighted by Crippen LogP contribution is -2.32. The third-order valence-corrected chi connectivity index (χ3v) is 6.86. The molecule has 4 N–H and O–H groups in total. The summed E-state index contributed by atoms with van der Waals surface area (Å²) < 4.78 is 39.2. The lowest BCUT2D eigenvalue weighted by Gasteiger charge is -2.24. The second-order valence-electron chi connectivity index (χ2n) is 7.18. The quantitative estimate of drug-likeness (QED) is 0.368. The standard InChI is InChI=1S/C23H23FN4O3S/c1-2-20(22(26)32(30,31)19-5-3-4-17(24)14-19)21(25)15-6-8-16(9-7-15)23(29)28-18-10-12-27-13-11-18/h3-14,20-21,26H,2,25H2,1H3,(H,27,28,29). The Labute approximate surface area is 185 Å². The fourth-order valence-electron chi connectivity index (χ4n) is 3.29. The average Bonchev–Trinajstić information content (AvgIpc) is 2.80. The first kappa shape index (κ1) is 23.2.